The Bertz CT molecular complexity index is 644. The lowest BCUT2D eigenvalue weighted by molar-refractivity contribution is 0.448. The number of rotatable bonds is 4. The molecule has 1 aromatic heterocycles. The molecule has 0 bridgehead atoms. The highest BCUT2D eigenvalue weighted by atomic mass is 32.2. The lowest BCUT2D eigenvalue weighted by atomic mass is 10.2. The van der Waals surface area contributed by atoms with Crippen LogP contribution in [0.25, 0.3) is 11.0 Å². The minimum Gasteiger partial charge on any atom is -0.356 e. The van der Waals surface area contributed by atoms with Gasteiger partial charge in [0.15, 0.2) is 5.58 Å². The van der Waals surface area contributed by atoms with Crippen molar-refractivity contribution in [1.82, 2.24) is 9.88 Å². The van der Waals surface area contributed by atoms with E-state index in [9.17, 15) is 8.42 Å². The first kappa shape index (κ1) is 10.7. The fourth-order valence-electron chi connectivity index (χ4n) is 1.72. The molecule has 0 aliphatic heterocycles. The van der Waals surface area contributed by atoms with Gasteiger partial charge in [0.2, 0.25) is 10.0 Å². The van der Waals surface area contributed by atoms with Gasteiger partial charge in [0.05, 0.1) is 0 Å². The molecule has 0 saturated heterocycles. The Labute approximate surface area is 98.8 Å². The van der Waals surface area contributed by atoms with Crippen molar-refractivity contribution in [3.05, 3.63) is 30.0 Å². The van der Waals surface area contributed by atoms with Crippen molar-refractivity contribution in [2.75, 3.05) is 0 Å². The summed E-state index contributed by atoms with van der Waals surface area (Å²) in [7, 11) is -3.31. The van der Waals surface area contributed by atoms with Gasteiger partial charge in [-0.1, -0.05) is 17.3 Å². The maximum Gasteiger partial charge on any atom is 0.217 e. The molecular weight excluding hydrogens is 240 g/mol. The summed E-state index contributed by atoms with van der Waals surface area (Å²) < 4.78 is 31.3. The van der Waals surface area contributed by atoms with Gasteiger partial charge in [-0.15, -0.1) is 0 Å². The average Bonchev–Trinajstić information content (AvgIpc) is 2.99. The van der Waals surface area contributed by atoms with E-state index >= 15 is 0 Å². The van der Waals surface area contributed by atoms with Gasteiger partial charge in [0.1, 0.15) is 11.4 Å². The minimum absolute atomic E-state index is 0.123. The summed E-state index contributed by atoms with van der Waals surface area (Å²) in [5.74, 6) is -0.124. The van der Waals surface area contributed by atoms with E-state index in [0.717, 1.165) is 18.2 Å². The lowest BCUT2D eigenvalue weighted by Gasteiger charge is -2.02. The van der Waals surface area contributed by atoms with Crippen LogP contribution in [0.15, 0.2) is 28.8 Å². The summed E-state index contributed by atoms with van der Waals surface area (Å²) in [5.41, 5.74) is 1.08. The number of nitrogens with one attached hydrogen (secondary N) is 1. The second-order valence-corrected chi connectivity index (χ2v) is 6.03. The van der Waals surface area contributed by atoms with Crippen LogP contribution in [0.3, 0.4) is 0 Å². The first-order valence-electron chi connectivity index (χ1n) is 5.47. The van der Waals surface area contributed by atoms with E-state index in [4.69, 9.17) is 4.52 Å². The molecular formula is C11H12N2O3S. The molecule has 1 aliphatic carbocycles. The highest BCUT2D eigenvalue weighted by Crippen LogP contribution is 2.23. The Morgan fingerprint density at radius 1 is 1.35 bits per heavy atom. The third-order valence-electron chi connectivity index (χ3n) is 2.70. The number of fused-ring (bicyclic) bond motifs is 1. The zero-order chi connectivity index (χ0) is 11.9. The zero-order valence-corrected chi connectivity index (χ0v) is 9.90. The fraction of sp³-hybridized carbons (Fsp3) is 0.364. The van der Waals surface area contributed by atoms with Gasteiger partial charge in [-0.3, -0.25) is 0 Å². The highest BCUT2D eigenvalue weighted by molar-refractivity contribution is 7.88. The maximum absolute atomic E-state index is 11.8. The Morgan fingerprint density at radius 2 is 2.12 bits per heavy atom. The van der Waals surface area contributed by atoms with E-state index in [0.29, 0.717) is 11.3 Å². The number of benzene rings is 1. The van der Waals surface area contributed by atoms with E-state index in [1.165, 1.54) is 0 Å². The minimum atomic E-state index is -3.31. The molecule has 1 heterocycles. The largest absolute Gasteiger partial charge is 0.356 e. The number of aromatic nitrogens is 1. The van der Waals surface area contributed by atoms with Crippen LogP contribution in [0, 0.1) is 0 Å². The molecule has 1 saturated carbocycles. The number of hydrogen-bond donors (Lipinski definition) is 1. The van der Waals surface area contributed by atoms with Crippen molar-refractivity contribution in [2.24, 2.45) is 0 Å². The molecule has 0 spiro atoms. The molecule has 90 valence electrons. The van der Waals surface area contributed by atoms with Crippen LogP contribution in [0.1, 0.15) is 18.5 Å². The molecule has 1 fully saturated rings. The van der Waals surface area contributed by atoms with Gasteiger partial charge in [0, 0.05) is 11.4 Å². The van der Waals surface area contributed by atoms with Gasteiger partial charge in [-0.2, -0.15) is 0 Å². The molecule has 0 amide bonds. The lowest BCUT2D eigenvalue weighted by Crippen LogP contribution is -2.27. The number of hydrogen-bond acceptors (Lipinski definition) is 4. The maximum atomic E-state index is 11.8. The van der Waals surface area contributed by atoms with Crippen LogP contribution in [0.5, 0.6) is 0 Å². The van der Waals surface area contributed by atoms with Gasteiger partial charge in [-0.05, 0) is 25.0 Å². The van der Waals surface area contributed by atoms with Crippen LogP contribution in [-0.2, 0) is 15.8 Å². The van der Waals surface area contributed by atoms with Crippen LogP contribution >= 0.6 is 0 Å². The summed E-state index contributed by atoms with van der Waals surface area (Å²) >= 11 is 0. The monoisotopic (exact) mass is 252 g/mol. The fourth-order valence-corrected chi connectivity index (χ4v) is 3.11. The standard InChI is InChI=1S/C11H12N2O3S/c14-17(15,13-8-5-6-8)7-10-9-3-1-2-4-11(9)16-12-10/h1-4,8,13H,5-7H2. The van der Waals surface area contributed by atoms with Crippen molar-refractivity contribution >= 4 is 21.0 Å². The summed E-state index contributed by atoms with van der Waals surface area (Å²) in [6.45, 7) is 0. The predicted octanol–water partition coefficient (Wildman–Crippen LogP) is 1.41. The molecule has 2 aromatic rings. The summed E-state index contributed by atoms with van der Waals surface area (Å²) in [6, 6.07) is 7.37. The SMILES string of the molecule is O=S(=O)(Cc1noc2ccccc12)NC1CC1. The molecule has 0 atom stereocenters. The first-order chi connectivity index (χ1) is 8.14. The first-order valence-corrected chi connectivity index (χ1v) is 7.12. The molecule has 3 rings (SSSR count). The molecule has 0 radical (unpaired) electrons. The molecule has 1 aliphatic rings. The van der Waals surface area contributed by atoms with Gasteiger partial charge >= 0.3 is 0 Å². The molecule has 6 heteroatoms. The zero-order valence-electron chi connectivity index (χ0n) is 9.09. The van der Waals surface area contributed by atoms with Crippen molar-refractivity contribution < 1.29 is 12.9 Å². The Hall–Kier alpha value is -1.40. The van der Waals surface area contributed by atoms with Gasteiger partial charge in [-0.25, -0.2) is 13.1 Å². The normalized spacial score (nSPS) is 16.5. The predicted molar refractivity (Wildman–Crippen MR) is 62.8 cm³/mol. The van der Waals surface area contributed by atoms with Gasteiger partial charge < -0.3 is 4.52 Å². The van der Waals surface area contributed by atoms with Crippen LogP contribution in [0.2, 0.25) is 0 Å². The second-order valence-electron chi connectivity index (χ2n) is 4.28. The highest BCUT2D eigenvalue weighted by Gasteiger charge is 2.28. The van der Waals surface area contributed by atoms with Crippen molar-refractivity contribution in [3.63, 3.8) is 0 Å². The van der Waals surface area contributed by atoms with Crippen LogP contribution < -0.4 is 4.72 Å². The smallest absolute Gasteiger partial charge is 0.217 e. The van der Waals surface area contributed by atoms with E-state index in [2.05, 4.69) is 9.88 Å². The molecule has 5 nitrogen and oxygen atoms in total. The van der Waals surface area contributed by atoms with Crippen LogP contribution in [0.4, 0.5) is 0 Å². The second kappa shape index (κ2) is 3.82. The average molecular weight is 252 g/mol. The van der Waals surface area contributed by atoms with Crippen molar-refractivity contribution in [2.45, 2.75) is 24.6 Å². The van der Waals surface area contributed by atoms with E-state index < -0.39 is 10.0 Å². The quantitative estimate of drug-likeness (QED) is 0.893. The Balaban J connectivity index is 1.89. The number of sulfonamides is 1. The van der Waals surface area contributed by atoms with Crippen molar-refractivity contribution in [3.8, 4) is 0 Å². The molecule has 1 aromatic carbocycles. The van der Waals surface area contributed by atoms with E-state index in [1.807, 2.05) is 18.2 Å². The van der Waals surface area contributed by atoms with Gasteiger partial charge in [0.25, 0.3) is 0 Å². The Morgan fingerprint density at radius 3 is 2.88 bits per heavy atom. The number of nitrogens with zero attached hydrogens (tertiary/aromatic N) is 1. The molecule has 17 heavy (non-hydrogen) atoms. The van der Waals surface area contributed by atoms with Crippen LogP contribution in [-0.4, -0.2) is 19.6 Å². The third kappa shape index (κ3) is 2.32. The molecule has 0 unspecified atom stereocenters. The topological polar surface area (TPSA) is 72.2 Å². The Kier molecular flexibility index (Phi) is 2.41. The van der Waals surface area contributed by atoms with Crippen molar-refractivity contribution in [1.29, 1.82) is 0 Å². The summed E-state index contributed by atoms with van der Waals surface area (Å²) in [4.78, 5) is 0. The van der Waals surface area contributed by atoms with E-state index in [1.54, 1.807) is 6.07 Å². The number of para-hydroxylation sites is 1. The van der Waals surface area contributed by atoms with E-state index in [-0.39, 0.29) is 11.8 Å². The summed E-state index contributed by atoms with van der Waals surface area (Å²) in [6.07, 6.45) is 1.86. The third-order valence-corrected chi connectivity index (χ3v) is 4.05. The summed E-state index contributed by atoms with van der Waals surface area (Å²) in [5, 5.41) is 4.57. The molecule has 1 N–H and O–H groups in total.